The van der Waals surface area contributed by atoms with Crippen molar-refractivity contribution < 1.29 is 19.1 Å². The first-order chi connectivity index (χ1) is 14.1. The second kappa shape index (κ2) is 8.13. The van der Waals surface area contributed by atoms with Gasteiger partial charge in [0.25, 0.3) is 5.91 Å². The monoisotopic (exact) mass is 395 g/mol. The Labute approximate surface area is 170 Å². The number of rotatable bonds is 5. The van der Waals surface area contributed by atoms with Crippen LogP contribution in [0.25, 0.3) is 0 Å². The maximum absolute atomic E-state index is 13.1. The number of carbonyl (C=O) groups excluding carboxylic acids is 2. The number of nitrogens with zero attached hydrogens (tertiary/aromatic N) is 3. The molecule has 2 aliphatic rings. The molecule has 7 heteroatoms. The van der Waals surface area contributed by atoms with E-state index in [9.17, 15) is 9.59 Å². The number of para-hydroxylation sites is 4. The molecule has 0 spiro atoms. The number of benzene rings is 2. The fraction of sp³-hybridized carbons (Fsp3) is 0.364. The number of amides is 2. The van der Waals surface area contributed by atoms with E-state index in [-0.39, 0.29) is 18.2 Å². The lowest BCUT2D eigenvalue weighted by Gasteiger charge is -2.38. The van der Waals surface area contributed by atoms with Gasteiger partial charge in [-0.3, -0.25) is 14.5 Å². The van der Waals surface area contributed by atoms with Gasteiger partial charge in [0, 0.05) is 26.2 Å². The molecule has 4 rings (SSSR count). The number of anilines is 2. The highest BCUT2D eigenvalue weighted by molar-refractivity contribution is 6.23. The first kappa shape index (κ1) is 19.3. The molecule has 2 aliphatic heterocycles. The maximum atomic E-state index is 13.1. The summed E-state index contributed by atoms with van der Waals surface area (Å²) in [4.78, 5) is 31.4. The summed E-state index contributed by atoms with van der Waals surface area (Å²) < 4.78 is 10.8. The molecule has 2 fully saturated rings. The van der Waals surface area contributed by atoms with E-state index in [4.69, 9.17) is 9.47 Å². The average Bonchev–Trinajstić information content (AvgIpc) is 3.07. The molecular weight excluding hydrogens is 370 g/mol. The van der Waals surface area contributed by atoms with Gasteiger partial charge < -0.3 is 14.4 Å². The van der Waals surface area contributed by atoms with Gasteiger partial charge in [-0.2, -0.15) is 0 Å². The number of methoxy groups -OCH3 is 2. The molecule has 2 aromatic rings. The van der Waals surface area contributed by atoms with Crippen LogP contribution >= 0.6 is 0 Å². The lowest BCUT2D eigenvalue weighted by atomic mass is 10.1. The Morgan fingerprint density at radius 3 is 1.97 bits per heavy atom. The van der Waals surface area contributed by atoms with E-state index in [1.165, 1.54) is 4.90 Å². The van der Waals surface area contributed by atoms with Gasteiger partial charge in [0.1, 0.15) is 11.5 Å². The smallest absolute Gasteiger partial charge is 0.251 e. The normalized spacial score (nSPS) is 20.3. The van der Waals surface area contributed by atoms with Crippen molar-refractivity contribution in [2.45, 2.75) is 12.5 Å². The number of ether oxygens (including phenoxy) is 2. The number of piperazine rings is 1. The van der Waals surface area contributed by atoms with Crippen molar-refractivity contribution in [3.05, 3.63) is 48.5 Å². The van der Waals surface area contributed by atoms with Crippen LogP contribution < -0.4 is 19.3 Å². The fourth-order valence-electron chi connectivity index (χ4n) is 4.13. The first-order valence-electron chi connectivity index (χ1n) is 9.76. The van der Waals surface area contributed by atoms with E-state index >= 15 is 0 Å². The van der Waals surface area contributed by atoms with Crippen molar-refractivity contribution in [2.24, 2.45) is 0 Å². The van der Waals surface area contributed by atoms with Crippen LogP contribution in [0.4, 0.5) is 11.4 Å². The summed E-state index contributed by atoms with van der Waals surface area (Å²) in [6.07, 6.45) is 0.200. The summed E-state index contributed by atoms with van der Waals surface area (Å²) in [7, 11) is 3.21. The lowest BCUT2D eigenvalue weighted by molar-refractivity contribution is -0.123. The molecule has 1 unspecified atom stereocenters. The van der Waals surface area contributed by atoms with Gasteiger partial charge in [0.2, 0.25) is 5.91 Å². The summed E-state index contributed by atoms with van der Waals surface area (Å²) in [6.45, 7) is 2.96. The molecule has 7 nitrogen and oxygen atoms in total. The largest absolute Gasteiger partial charge is 0.495 e. The number of hydrogen-bond acceptors (Lipinski definition) is 6. The number of imide groups is 1. The molecule has 0 radical (unpaired) electrons. The molecule has 1 atom stereocenters. The highest BCUT2D eigenvalue weighted by Crippen LogP contribution is 2.34. The predicted octanol–water partition coefficient (Wildman–Crippen LogP) is 2.16. The third kappa shape index (κ3) is 3.53. The van der Waals surface area contributed by atoms with Gasteiger partial charge in [-0.25, -0.2) is 4.90 Å². The standard InChI is InChI=1S/C22H25N3O4/c1-28-19-9-5-3-7-16(19)23-11-13-24(14-12-23)18-15-21(26)25(22(18)27)17-8-4-6-10-20(17)29-2/h3-10,18H,11-15H2,1-2H3. The third-order valence-corrected chi connectivity index (χ3v) is 5.63. The molecular formula is C22H25N3O4. The summed E-state index contributed by atoms with van der Waals surface area (Å²) in [6, 6.07) is 14.6. The zero-order valence-corrected chi connectivity index (χ0v) is 16.7. The minimum Gasteiger partial charge on any atom is -0.495 e. The molecule has 0 bridgehead atoms. The number of carbonyl (C=O) groups is 2. The first-order valence-corrected chi connectivity index (χ1v) is 9.76. The summed E-state index contributed by atoms with van der Waals surface area (Å²) >= 11 is 0. The highest BCUT2D eigenvalue weighted by atomic mass is 16.5. The summed E-state index contributed by atoms with van der Waals surface area (Å²) in [5.74, 6) is 1.01. The lowest BCUT2D eigenvalue weighted by Crippen LogP contribution is -2.52. The Kier molecular flexibility index (Phi) is 5.40. The van der Waals surface area contributed by atoms with Gasteiger partial charge in [0.05, 0.1) is 38.1 Å². The van der Waals surface area contributed by atoms with Gasteiger partial charge in [-0.05, 0) is 24.3 Å². The SMILES string of the molecule is COc1ccccc1N1CCN(C2CC(=O)N(c3ccccc3OC)C2=O)CC1. The molecule has 152 valence electrons. The van der Waals surface area contributed by atoms with Crippen LogP contribution in [-0.4, -0.2) is 63.2 Å². The van der Waals surface area contributed by atoms with Crippen LogP contribution in [-0.2, 0) is 9.59 Å². The summed E-state index contributed by atoms with van der Waals surface area (Å²) in [5.41, 5.74) is 1.57. The molecule has 0 N–H and O–H groups in total. The van der Waals surface area contributed by atoms with E-state index < -0.39 is 6.04 Å². The van der Waals surface area contributed by atoms with Gasteiger partial charge >= 0.3 is 0 Å². The topological polar surface area (TPSA) is 62.3 Å². The van der Waals surface area contributed by atoms with Crippen molar-refractivity contribution in [3.63, 3.8) is 0 Å². The molecule has 2 aromatic carbocycles. The Bertz CT molecular complexity index is 908. The zero-order chi connectivity index (χ0) is 20.4. The van der Waals surface area contributed by atoms with Crippen LogP contribution in [0.15, 0.2) is 48.5 Å². The van der Waals surface area contributed by atoms with Crippen molar-refractivity contribution in [1.29, 1.82) is 0 Å². The summed E-state index contributed by atoms with van der Waals surface area (Å²) in [5, 5.41) is 0. The van der Waals surface area contributed by atoms with Crippen LogP contribution in [0.1, 0.15) is 6.42 Å². The van der Waals surface area contributed by atoms with Gasteiger partial charge in [-0.1, -0.05) is 24.3 Å². The molecule has 2 saturated heterocycles. The highest BCUT2D eigenvalue weighted by Gasteiger charge is 2.44. The van der Waals surface area contributed by atoms with Crippen molar-refractivity contribution >= 4 is 23.2 Å². The third-order valence-electron chi connectivity index (χ3n) is 5.63. The van der Waals surface area contributed by atoms with Crippen LogP contribution in [0.2, 0.25) is 0 Å². The zero-order valence-electron chi connectivity index (χ0n) is 16.7. The van der Waals surface area contributed by atoms with Gasteiger partial charge in [0.15, 0.2) is 0 Å². The molecule has 0 aliphatic carbocycles. The van der Waals surface area contributed by atoms with E-state index in [1.807, 2.05) is 30.3 Å². The van der Waals surface area contributed by atoms with E-state index in [2.05, 4.69) is 9.80 Å². The molecule has 2 heterocycles. The van der Waals surface area contributed by atoms with E-state index in [0.29, 0.717) is 24.5 Å². The van der Waals surface area contributed by atoms with E-state index in [1.54, 1.807) is 32.4 Å². The van der Waals surface area contributed by atoms with E-state index in [0.717, 1.165) is 24.5 Å². The maximum Gasteiger partial charge on any atom is 0.251 e. The Hall–Kier alpha value is -3.06. The predicted molar refractivity (Wildman–Crippen MR) is 111 cm³/mol. The Morgan fingerprint density at radius 2 is 1.34 bits per heavy atom. The Balaban J connectivity index is 1.47. The quantitative estimate of drug-likeness (QED) is 0.723. The Morgan fingerprint density at radius 1 is 0.793 bits per heavy atom. The van der Waals surface area contributed by atoms with Crippen molar-refractivity contribution in [1.82, 2.24) is 4.90 Å². The molecule has 0 aromatic heterocycles. The molecule has 29 heavy (non-hydrogen) atoms. The average molecular weight is 395 g/mol. The van der Waals surface area contributed by atoms with Crippen LogP contribution in [0, 0.1) is 0 Å². The van der Waals surface area contributed by atoms with Crippen LogP contribution in [0.5, 0.6) is 11.5 Å². The van der Waals surface area contributed by atoms with Gasteiger partial charge in [-0.15, -0.1) is 0 Å². The van der Waals surface area contributed by atoms with Crippen molar-refractivity contribution in [2.75, 3.05) is 50.2 Å². The molecule has 0 saturated carbocycles. The minimum absolute atomic E-state index is 0.176. The molecule has 2 amide bonds. The van der Waals surface area contributed by atoms with Crippen molar-refractivity contribution in [3.8, 4) is 11.5 Å². The van der Waals surface area contributed by atoms with Crippen LogP contribution in [0.3, 0.4) is 0 Å². The fourth-order valence-corrected chi connectivity index (χ4v) is 4.13. The second-order valence-electron chi connectivity index (χ2n) is 7.15. The number of hydrogen-bond donors (Lipinski definition) is 0. The second-order valence-corrected chi connectivity index (χ2v) is 7.15. The minimum atomic E-state index is -0.424.